The van der Waals surface area contributed by atoms with E-state index in [4.69, 9.17) is 5.73 Å². The average Bonchev–Trinajstić information content (AvgIpc) is 3.24. The highest BCUT2D eigenvalue weighted by Gasteiger charge is 2.27. The van der Waals surface area contributed by atoms with Crippen LogP contribution in [-0.4, -0.2) is 72.6 Å². The van der Waals surface area contributed by atoms with Crippen LogP contribution in [0, 0.1) is 0 Å². The smallest absolute Gasteiger partial charge is 0.191 e. The topological polar surface area (TPSA) is 61.0 Å². The van der Waals surface area contributed by atoms with Gasteiger partial charge in [-0.1, -0.05) is 6.92 Å². The summed E-state index contributed by atoms with van der Waals surface area (Å²) in [6, 6.07) is 0.809. The van der Waals surface area contributed by atoms with E-state index in [0.29, 0.717) is 5.96 Å². The van der Waals surface area contributed by atoms with Gasteiger partial charge in [0.25, 0.3) is 0 Å². The van der Waals surface area contributed by atoms with Crippen molar-refractivity contribution in [3.8, 4) is 0 Å². The van der Waals surface area contributed by atoms with E-state index in [0.717, 1.165) is 57.0 Å². The number of hydrogen-bond donors (Lipinski definition) is 1. The van der Waals surface area contributed by atoms with Crippen LogP contribution in [0.1, 0.15) is 19.8 Å². The van der Waals surface area contributed by atoms with E-state index < -0.39 is 0 Å². The molecule has 1 aliphatic heterocycles. The quantitative estimate of drug-likeness (QED) is 0.406. The van der Waals surface area contributed by atoms with Gasteiger partial charge in [-0.2, -0.15) is 0 Å². The molecule has 2 N–H and O–H groups in total. The Kier molecular flexibility index (Phi) is 7.35. The molecule has 2 fully saturated rings. The van der Waals surface area contributed by atoms with Gasteiger partial charge in [0.2, 0.25) is 0 Å². The first kappa shape index (κ1) is 18.7. The van der Waals surface area contributed by atoms with Crippen LogP contribution in [-0.2, 0) is 0 Å². The summed E-state index contributed by atoms with van der Waals surface area (Å²) in [6.45, 7) is 8.96. The highest BCUT2D eigenvalue weighted by atomic mass is 127. The SMILES string of the molecule is CCN(CCN=C(N)N1CCN(c2nccs2)CC1)C1CC1.I. The predicted octanol–water partition coefficient (Wildman–Crippen LogP) is 1.68. The molecule has 1 saturated carbocycles. The molecule has 0 bridgehead atoms. The van der Waals surface area contributed by atoms with Crippen molar-refractivity contribution in [1.82, 2.24) is 14.8 Å². The summed E-state index contributed by atoms with van der Waals surface area (Å²) in [5.41, 5.74) is 6.16. The lowest BCUT2D eigenvalue weighted by atomic mass is 10.3. The number of anilines is 1. The van der Waals surface area contributed by atoms with Crippen molar-refractivity contribution in [2.45, 2.75) is 25.8 Å². The van der Waals surface area contributed by atoms with Crippen LogP contribution in [0.25, 0.3) is 0 Å². The Hall–Kier alpha value is -0.610. The summed E-state index contributed by atoms with van der Waals surface area (Å²) in [5.74, 6) is 0.700. The second-order valence-electron chi connectivity index (χ2n) is 5.89. The van der Waals surface area contributed by atoms with Crippen molar-refractivity contribution in [1.29, 1.82) is 0 Å². The number of rotatable bonds is 6. The Balaban J connectivity index is 0.00000192. The van der Waals surface area contributed by atoms with Crippen molar-refractivity contribution < 1.29 is 0 Å². The minimum absolute atomic E-state index is 0. The first-order chi connectivity index (χ1) is 10.8. The minimum atomic E-state index is 0. The van der Waals surface area contributed by atoms with Crippen molar-refractivity contribution in [3.05, 3.63) is 11.6 Å². The van der Waals surface area contributed by atoms with Gasteiger partial charge in [-0.05, 0) is 19.4 Å². The molecule has 1 aliphatic carbocycles. The van der Waals surface area contributed by atoms with E-state index >= 15 is 0 Å². The third-order valence-corrected chi connectivity index (χ3v) is 5.26. The molecule has 0 aromatic carbocycles. The number of guanidine groups is 1. The second kappa shape index (κ2) is 9.03. The Bertz CT molecular complexity index is 482. The molecular formula is C15H27IN6S. The molecule has 0 spiro atoms. The molecule has 0 radical (unpaired) electrons. The van der Waals surface area contributed by atoms with Crippen LogP contribution in [0.15, 0.2) is 16.6 Å². The molecule has 0 unspecified atom stereocenters. The van der Waals surface area contributed by atoms with Crippen molar-refractivity contribution >= 4 is 46.4 Å². The Morgan fingerprint density at radius 2 is 2.13 bits per heavy atom. The fourth-order valence-corrected chi connectivity index (χ4v) is 3.63. The first-order valence-electron chi connectivity index (χ1n) is 8.21. The summed E-state index contributed by atoms with van der Waals surface area (Å²) in [7, 11) is 0. The van der Waals surface area contributed by atoms with Gasteiger partial charge in [-0.15, -0.1) is 35.3 Å². The molecule has 23 heavy (non-hydrogen) atoms. The molecule has 0 amide bonds. The lowest BCUT2D eigenvalue weighted by Crippen LogP contribution is -2.51. The maximum atomic E-state index is 6.16. The highest BCUT2D eigenvalue weighted by Crippen LogP contribution is 2.26. The van der Waals surface area contributed by atoms with Crippen molar-refractivity contribution in [2.24, 2.45) is 10.7 Å². The zero-order valence-electron chi connectivity index (χ0n) is 13.7. The number of thiazole rings is 1. The minimum Gasteiger partial charge on any atom is -0.370 e. The van der Waals surface area contributed by atoms with Gasteiger partial charge >= 0.3 is 0 Å². The standard InChI is InChI=1S/C15H26N6S.HI/c1-2-19(13-3-4-13)7-5-17-14(16)20-8-10-21(11-9-20)15-18-6-12-22-15;/h6,12-13H,2-5,7-11H2,1H3,(H2,16,17);1H. The highest BCUT2D eigenvalue weighted by molar-refractivity contribution is 14.0. The average molecular weight is 450 g/mol. The number of aliphatic imine (C=N–C) groups is 1. The van der Waals surface area contributed by atoms with E-state index in [9.17, 15) is 0 Å². The predicted molar refractivity (Wildman–Crippen MR) is 108 cm³/mol. The van der Waals surface area contributed by atoms with E-state index in [1.54, 1.807) is 11.3 Å². The van der Waals surface area contributed by atoms with Gasteiger partial charge in [-0.25, -0.2) is 4.98 Å². The molecule has 1 aromatic rings. The van der Waals surface area contributed by atoms with Gasteiger partial charge < -0.3 is 15.5 Å². The van der Waals surface area contributed by atoms with Crippen LogP contribution >= 0.6 is 35.3 Å². The monoisotopic (exact) mass is 450 g/mol. The van der Waals surface area contributed by atoms with E-state index in [-0.39, 0.29) is 24.0 Å². The van der Waals surface area contributed by atoms with Crippen LogP contribution in [0.2, 0.25) is 0 Å². The third-order valence-electron chi connectivity index (χ3n) is 4.42. The van der Waals surface area contributed by atoms with E-state index in [2.05, 4.69) is 31.6 Å². The molecule has 2 aliphatic rings. The number of likely N-dealkylation sites (N-methyl/N-ethyl adjacent to an activating group) is 1. The normalized spacial score (nSPS) is 19.1. The number of hydrogen-bond acceptors (Lipinski definition) is 5. The number of aromatic nitrogens is 1. The van der Waals surface area contributed by atoms with Gasteiger partial charge in [0.15, 0.2) is 11.1 Å². The number of halogens is 1. The zero-order chi connectivity index (χ0) is 15.4. The Labute approximate surface area is 159 Å². The maximum absolute atomic E-state index is 6.16. The van der Waals surface area contributed by atoms with Gasteiger partial charge in [0.05, 0.1) is 6.54 Å². The maximum Gasteiger partial charge on any atom is 0.191 e. The zero-order valence-corrected chi connectivity index (χ0v) is 16.9. The van der Waals surface area contributed by atoms with E-state index in [1.807, 2.05) is 11.6 Å². The summed E-state index contributed by atoms with van der Waals surface area (Å²) >= 11 is 1.70. The summed E-state index contributed by atoms with van der Waals surface area (Å²) in [4.78, 5) is 16.0. The van der Waals surface area contributed by atoms with E-state index in [1.165, 1.54) is 12.8 Å². The second-order valence-corrected chi connectivity index (χ2v) is 6.76. The largest absolute Gasteiger partial charge is 0.370 e. The molecule has 0 atom stereocenters. The number of nitrogens with two attached hydrogens (primary N) is 1. The summed E-state index contributed by atoms with van der Waals surface area (Å²) < 4.78 is 0. The number of nitrogens with zero attached hydrogens (tertiary/aromatic N) is 5. The summed E-state index contributed by atoms with van der Waals surface area (Å²) in [5, 5.41) is 3.13. The van der Waals surface area contributed by atoms with Crippen molar-refractivity contribution in [3.63, 3.8) is 0 Å². The fraction of sp³-hybridized carbons (Fsp3) is 0.733. The molecule has 1 aromatic heterocycles. The molecule has 1 saturated heterocycles. The van der Waals surface area contributed by atoms with Crippen molar-refractivity contribution in [2.75, 3.05) is 50.7 Å². The van der Waals surface area contributed by atoms with Crippen LogP contribution in [0.4, 0.5) is 5.13 Å². The fourth-order valence-electron chi connectivity index (χ4n) is 2.93. The lowest BCUT2D eigenvalue weighted by Gasteiger charge is -2.35. The Morgan fingerprint density at radius 3 is 2.70 bits per heavy atom. The molecular weight excluding hydrogens is 423 g/mol. The Morgan fingerprint density at radius 1 is 1.39 bits per heavy atom. The van der Waals surface area contributed by atoms with Crippen LogP contribution in [0.5, 0.6) is 0 Å². The molecule has 6 nitrogen and oxygen atoms in total. The summed E-state index contributed by atoms with van der Waals surface area (Å²) in [6.07, 6.45) is 4.57. The number of piperazine rings is 1. The third kappa shape index (κ3) is 5.18. The van der Waals surface area contributed by atoms with Gasteiger partial charge in [0, 0.05) is 50.3 Å². The van der Waals surface area contributed by atoms with Gasteiger partial charge in [0.1, 0.15) is 0 Å². The van der Waals surface area contributed by atoms with Crippen LogP contribution in [0.3, 0.4) is 0 Å². The van der Waals surface area contributed by atoms with Crippen LogP contribution < -0.4 is 10.6 Å². The molecule has 2 heterocycles. The molecule has 130 valence electrons. The molecule has 8 heteroatoms. The molecule has 3 rings (SSSR count). The first-order valence-corrected chi connectivity index (χ1v) is 9.09. The lowest BCUT2D eigenvalue weighted by molar-refractivity contribution is 0.285. The van der Waals surface area contributed by atoms with Gasteiger partial charge in [-0.3, -0.25) is 9.89 Å².